The van der Waals surface area contributed by atoms with Crippen LogP contribution in [0.3, 0.4) is 0 Å². The molecule has 1 aromatic rings. The fourth-order valence-corrected chi connectivity index (χ4v) is 2.07. The van der Waals surface area contributed by atoms with Gasteiger partial charge in [-0.2, -0.15) is 5.10 Å². The summed E-state index contributed by atoms with van der Waals surface area (Å²) >= 11 is 0. The zero-order valence-electron chi connectivity index (χ0n) is 9.37. The number of nitrogens with two attached hydrogens (primary N) is 2. The van der Waals surface area contributed by atoms with E-state index in [1.54, 1.807) is 0 Å². The highest BCUT2D eigenvalue weighted by atomic mass is 16.3. The predicted octanol–water partition coefficient (Wildman–Crippen LogP) is -3.18. The van der Waals surface area contributed by atoms with Crippen LogP contribution in [-0.4, -0.2) is 56.3 Å². The minimum absolute atomic E-state index is 0.0184. The molecule has 1 fully saturated rings. The quantitative estimate of drug-likeness (QED) is 0.299. The van der Waals surface area contributed by atoms with Gasteiger partial charge in [-0.05, 0) is 0 Å². The average molecular weight is 257 g/mol. The Morgan fingerprint density at radius 1 is 1.39 bits per heavy atom. The van der Waals surface area contributed by atoms with Crippen LogP contribution in [0.15, 0.2) is 0 Å². The van der Waals surface area contributed by atoms with Crippen molar-refractivity contribution in [3.8, 4) is 0 Å². The number of aliphatic hydroxyl groups excluding tert-OH is 3. The summed E-state index contributed by atoms with van der Waals surface area (Å²) in [6, 6.07) is -1.43. The number of aromatic nitrogens is 2. The lowest BCUT2D eigenvalue weighted by atomic mass is 10.0. The van der Waals surface area contributed by atoms with Gasteiger partial charge in [0, 0.05) is 0 Å². The van der Waals surface area contributed by atoms with E-state index in [2.05, 4.69) is 15.5 Å². The Hall–Kier alpha value is -1.68. The monoisotopic (exact) mass is 257 g/mol. The maximum absolute atomic E-state index is 11.0. The molecule has 0 radical (unpaired) electrons. The molecule has 9 N–H and O–H groups in total. The molecule has 1 aliphatic rings. The largest absolute Gasteiger partial charge is 0.395 e. The van der Waals surface area contributed by atoms with Crippen molar-refractivity contribution in [3.63, 3.8) is 0 Å². The van der Waals surface area contributed by atoms with Gasteiger partial charge >= 0.3 is 0 Å². The van der Waals surface area contributed by atoms with E-state index in [-0.39, 0.29) is 23.7 Å². The molecule has 9 nitrogen and oxygen atoms in total. The second-order valence-corrected chi connectivity index (χ2v) is 4.18. The summed E-state index contributed by atoms with van der Waals surface area (Å²) in [5.41, 5.74) is 10.9. The summed E-state index contributed by atoms with van der Waals surface area (Å²) in [6.45, 7) is -0.342. The number of hydrogen-bond donors (Lipinski definition) is 7. The molecule has 0 aromatic carbocycles. The molecule has 0 unspecified atom stereocenters. The van der Waals surface area contributed by atoms with Gasteiger partial charge in [-0.15, -0.1) is 0 Å². The molecule has 0 aliphatic carbocycles. The van der Waals surface area contributed by atoms with Crippen LogP contribution >= 0.6 is 0 Å². The summed E-state index contributed by atoms with van der Waals surface area (Å²) in [6.07, 6.45) is -2.31. The van der Waals surface area contributed by atoms with E-state index in [1.165, 1.54) is 0 Å². The third-order valence-electron chi connectivity index (χ3n) is 3.07. The van der Waals surface area contributed by atoms with Crippen LogP contribution < -0.4 is 16.8 Å². The molecule has 1 saturated heterocycles. The molecule has 2 rings (SSSR count). The van der Waals surface area contributed by atoms with Crippen molar-refractivity contribution < 1.29 is 20.1 Å². The van der Waals surface area contributed by atoms with E-state index in [0.29, 0.717) is 0 Å². The maximum Gasteiger partial charge on any atom is 0.271 e. The molecule has 18 heavy (non-hydrogen) atoms. The Morgan fingerprint density at radius 2 is 2.06 bits per heavy atom. The van der Waals surface area contributed by atoms with Gasteiger partial charge < -0.3 is 26.8 Å². The molecule has 0 saturated carbocycles. The van der Waals surface area contributed by atoms with E-state index >= 15 is 0 Å². The third kappa shape index (κ3) is 1.82. The summed E-state index contributed by atoms with van der Waals surface area (Å²) in [5.74, 6) is -0.790. The number of primary amides is 1. The lowest BCUT2D eigenvalue weighted by Crippen LogP contribution is -2.35. The number of rotatable bonds is 3. The molecule has 0 spiro atoms. The minimum Gasteiger partial charge on any atom is -0.395 e. The molecule has 2 heterocycles. The van der Waals surface area contributed by atoms with Crippen LogP contribution in [-0.2, 0) is 0 Å². The van der Waals surface area contributed by atoms with E-state index in [0.717, 1.165) is 0 Å². The maximum atomic E-state index is 11.0. The standard InChI is InChI=1S/C9H15N5O4/c10-3-4(13-14-5(3)9(11)18)6-8(17)7(16)2(1-15)12-6/h2,6-8,12,15-17H,1,10H2,(H2,11,18)(H,13,14)/t2-,6+,7-,8+/m1/s1. The minimum atomic E-state index is -1.18. The Balaban J connectivity index is 2.30. The van der Waals surface area contributed by atoms with Gasteiger partial charge in [-0.25, -0.2) is 0 Å². The summed E-state index contributed by atoms with van der Waals surface area (Å²) < 4.78 is 0. The van der Waals surface area contributed by atoms with Crippen molar-refractivity contribution in [2.75, 3.05) is 12.3 Å². The first-order valence-electron chi connectivity index (χ1n) is 5.34. The molecule has 100 valence electrons. The Kier molecular flexibility index (Phi) is 3.22. The Labute approximate surface area is 102 Å². The number of hydrogen-bond acceptors (Lipinski definition) is 7. The molecular weight excluding hydrogens is 242 g/mol. The van der Waals surface area contributed by atoms with Crippen molar-refractivity contribution in [2.24, 2.45) is 5.73 Å². The summed E-state index contributed by atoms with van der Waals surface area (Å²) in [5, 5.41) is 37.5. The number of H-pyrrole nitrogens is 1. The van der Waals surface area contributed by atoms with Crippen LogP contribution in [0.5, 0.6) is 0 Å². The molecule has 0 bridgehead atoms. The number of carbonyl (C=O) groups is 1. The van der Waals surface area contributed by atoms with Gasteiger partial charge in [0.05, 0.1) is 36.2 Å². The fourth-order valence-electron chi connectivity index (χ4n) is 2.07. The first kappa shape index (κ1) is 12.8. The van der Waals surface area contributed by atoms with E-state index in [4.69, 9.17) is 16.6 Å². The van der Waals surface area contributed by atoms with Crippen LogP contribution in [0.25, 0.3) is 0 Å². The van der Waals surface area contributed by atoms with Crippen LogP contribution in [0.1, 0.15) is 22.2 Å². The van der Waals surface area contributed by atoms with Crippen molar-refractivity contribution in [2.45, 2.75) is 24.3 Å². The predicted molar refractivity (Wildman–Crippen MR) is 60.3 cm³/mol. The van der Waals surface area contributed by atoms with Crippen LogP contribution in [0, 0.1) is 0 Å². The smallest absolute Gasteiger partial charge is 0.271 e. The molecular formula is C9H15N5O4. The van der Waals surface area contributed by atoms with E-state index in [1.807, 2.05) is 0 Å². The number of carbonyl (C=O) groups excluding carboxylic acids is 1. The highest BCUT2D eigenvalue weighted by Crippen LogP contribution is 2.30. The fraction of sp³-hybridized carbons (Fsp3) is 0.556. The number of amides is 1. The highest BCUT2D eigenvalue weighted by Gasteiger charge is 2.43. The van der Waals surface area contributed by atoms with Gasteiger partial charge in [0.1, 0.15) is 6.10 Å². The Bertz CT molecular complexity index is 462. The molecule has 1 amide bonds. The second kappa shape index (κ2) is 4.53. The number of nitrogen functional groups attached to an aromatic ring is 1. The van der Waals surface area contributed by atoms with Crippen molar-refractivity contribution in [1.29, 1.82) is 0 Å². The van der Waals surface area contributed by atoms with E-state index in [9.17, 15) is 15.0 Å². The third-order valence-corrected chi connectivity index (χ3v) is 3.07. The SMILES string of the molecule is NC(=O)c1n[nH]c([C@@H]2N[C@H](CO)[C@@H](O)[C@H]2O)c1N. The normalized spacial score (nSPS) is 31.7. The summed E-state index contributed by atoms with van der Waals surface area (Å²) in [7, 11) is 0. The summed E-state index contributed by atoms with van der Waals surface area (Å²) in [4.78, 5) is 11.0. The van der Waals surface area contributed by atoms with E-state index < -0.39 is 30.2 Å². The first-order valence-corrected chi connectivity index (χ1v) is 5.34. The van der Waals surface area contributed by atoms with Crippen molar-refractivity contribution in [1.82, 2.24) is 15.5 Å². The zero-order chi connectivity index (χ0) is 13.4. The topological polar surface area (TPSA) is 171 Å². The van der Waals surface area contributed by atoms with Crippen LogP contribution in [0.2, 0.25) is 0 Å². The number of nitrogens with zero attached hydrogens (tertiary/aromatic N) is 1. The lowest BCUT2D eigenvalue weighted by molar-refractivity contribution is 0.0191. The second-order valence-electron chi connectivity index (χ2n) is 4.18. The van der Waals surface area contributed by atoms with Gasteiger partial charge in [-0.1, -0.05) is 0 Å². The number of aliphatic hydroxyl groups is 3. The number of nitrogens with one attached hydrogen (secondary N) is 2. The number of anilines is 1. The van der Waals surface area contributed by atoms with Crippen molar-refractivity contribution >= 4 is 11.6 Å². The zero-order valence-corrected chi connectivity index (χ0v) is 9.37. The molecule has 9 heteroatoms. The van der Waals surface area contributed by atoms with Gasteiger partial charge in [-0.3, -0.25) is 15.2 Å². The first-order chi connectivity index (χ1) is 8.47. The molecule has 1 aliphatic heterocycles. The number of aromatic amines is 1. The average Bonchev–Trinajstić information content (AvgIpc) is 2.82. The van der Waals surface area contributed by atoms with Gasteiger partial charge in [0.2, 0.25) is 0 Å². The Morgan fingerprint density at radius 3 is 2.50 bits per heavy atom. The van der Waals surface area contributed by atoms with Gasteiger partial charge in [0.25, 0.3) is 5.91 Å². The van der Waals surface area contributed by atoms with Crippen molar-refractivity contribution in [3.05, 3.63) is 11.4 Å². The van der Waals surface area contributed by atoms with Gasteiger partial charge in [0.15, 0.2) is 5.69 Å². The highest BCUT2D eigenvalue weighted by molar-refractivity contribution is 5.96. The van der Waals surface area contributed by atoms with Crippen LogP contribution in [0.4, 0.5) is 5.69 Å². The molecule has 1 aromatic heterocycles. The lowest BCUT2D eigenvalue weighted by Gasteiger charge is -2.14. The molecule has 4 atom stereocenters.